The monoisotopic (exact) mass is 370 g/mol. The van der Waals surface area contributed by atoms with E-state index in [9.17, 15) is 9.59 Å². The van der Waals surface area contributed by atoms with Gasteiger partial charge < -0.3 is 10.2 Å². The van der Waals surface area contributed by atoms with Crippen molar-refractivity contribution in [1.29, 1.82) is 0 Å². The molecule has 4 saturated heterocycles. The smallest absolute Gasteiger partial charge is 0.270 e. The van der Waals surface area contributed by atoms with Crippen LogP contribution < -0.4 is 5.32 Å². The van der Waals surface area contributed by atoms with E-state index in [1.54, 1.807) is 17.2 Å². The summed E-state index contributed by atoms with van der Waals surface area (Å²) in [5, 5.41) is 5.94. The van der Waals surface area contributed by atoms with Crippen molar-refractivity contribution < 1.29 is 9.59 Å². The van der Waals surface area contributed by atoms with E-state index < -0.39 is 0 Å². The highest BCUT2D eigenvalue weighted by atomic mass is 32.1. The Labute approximate surface area is 156 Å². The second kappa shape index (κ2) is 6.03. The zero-order valence-electron chi connectivity index (χ0n) is 14.8. The molecule has 2 bridgehead atoms. The predicted molar refractivity (Wildman–Crippen MR) is 101 cm³/mol. The van der Waals surface area contributed by atoms with Gasteiger partial charge in [0.1, 0.15) is 5.69 Å². The van der Waals surface area contributed by atoms with Gasteiger partial charge in [-0.25, -0.2) is 4.98 Å². The third kappa shape index (κ3) is 2.61. The summed E-state index contributed by atoms with van der Waals surface area (Å²) in [6.07, 6.45) is 4.02. The van der Waals surface area contributed by atoms with E-state index in [1.807, 2.05) is 5.38 Å². The Balaban J connectivity index is 1.40. The molecule has 0 saturated carbocycles. The summed E-state index contributed by atoms with van der Waals surface area (Å²) < 4.78 is 0.947. The third-order valence-electron chi connectivity index (χ3n) is 6.13. The van der Waals surface area contributed by atoms with Gasteiger partial charge in [-0.05, 0) is 44.8 Å². The first kappa shape index (κ1) is 16.2. The summed E-state index contributed by atoms with van der Waals surface area (Å²) >= 11 is 1.51. The van der Waals surface area contributed by atoms with Gasteiger partial charge in [-0.3, -0.25) is 14.5 Å². The molecule has 0 radical (unpaired) electrons. The molecule has 0 aromatic carbocycles. The lowest BCUT2D eigenvalue weighted by Gasteiger charge is -2.49. The molecule has 2 atom stereocenters. The van der Waals surface area contributed by atoms with Gasteiger partial charge >= 0.3 is 0 Å². The Bertz CT molecular complexity index is 881. The number of hydrogen-bond acceptors (Lipinski definition) is 5. The molecule has 4 aliphatic rings. The Hall–Kier alpha value is -1.99. The Morgan fingerprint density at radius 1 is 1.23 bits per heavy atom. The van der Waals surface area contributed by atoms with E-state index in [0.29, 0.717) is 23.2 Å². The molecular weight excluding hydrogens is 348 g/mol. The number of piperidine rings is 3. The lowest BCUT2D eigenvalue weighted by molar-refractivity contribution is 0.0216. The van der Waals surface area contributed by atoms with Gasteiger partial charge in [0.2, 0.25) is 0 Å². The highest BCUT2D eigenvalue weighted by Gasteiger charge is 2.40. The lowest BCUT2D eigenvalue weighted by Crippen LogP contribution is -2.62. The zero-order chi connectivity index (χ0) is 17.8. The number of nitrogens with zero attached hydrogens (tertiary/aromatic N) is 3. The summed E-state index contributed by atoms with van der Waals surface area (Å²) in [5.74, 6) is 0.484. The minimum absolute atomic E-state index is 0.0554. The molecule has 4 fully saturated rings. The fourth-order valence-electron chi connectivity index (χ4n) is 4.42. The first-order valence-electron chi connectivity index (χ1n) is 9.33. The number of carbonyl (C=O) groups excluding carboxylic acids is 2. The minimum Gasteiger partial charge on any atom is -0.346 e. The van der Waals surface area contributed by atoms with Crippen LogP contribution in [-0.4, -0.2) is 64.9 Å². The number of fused-ring (bicyclic) bond motifs is 4. The standard InChI is InChI=1S/C19H22N4O2S/c1-11-17(12-2-4-22(11)5-3-12)21-18(24)15-8-13-14(19(25)23-6-7-23)10-26-16(13)9-20-15/h8-12,17H,2-7H2,1H3,(H,21,24). The summed E-state index contributed by atoms with van der Waals surface area (Å²) in [6.45, 7) is 6.13. The van der Waals surface area contributed by atoms with Crippen molar-refractivity contribution in [3.63, 3.8) is 0 Å². The number of rotatable bonds is 3. The van der Waals surface area contributed by atoms with E-state index in [-0.39, 0.29) is 17.9 Å². The molecule has 2 unspecified atom stereocenters. The van der Waals surface area contributed by atoms with Crippen molar-refractivity contribution in [2.24, 2.45) is 5.92 Å². The fraction of sp³-hybridized carbons (Fsp3) is 0.526. The molecule has 2 aromatic rings. The average Bonchev–Trinajstić information content (AvgIpc) is 3.43. The molecule has 6 nitrogen and oxygen atoms in total. The Kier molecular flexibility index (Phi) is 3.76. The highest BCUT2D eigenvalue weighted by Crippen LogP contribution is 2.32. The maximum Gasteiger partial charge on any atom is 0.270 e. The van der Waals surface area contributed by atoms with E-state index in [4.69, 9.17) is 0 Å². The molecule has 2 amide bonds. The van der Waals surface area contributed by atoms with Crippen LogP contribution in [0.3, 0.4) is 0 Å². The summed E-state index contributed by atoms with van der Waals surface area (Å²) in [6, 6.07) is 2.34. The number of hydrogen-bond donors (Lipinski definition) is 1. The van der Waals surface area contributed by atoms with Gasteiger partial charge in [0.25, 0.3) is 11.8 Å². The molecule has 0 aliphatic carbocycles. The fourth-order valence-corrected chi connectivity index (χ4v) is 5.30. The van der Waals surface area contributed by atoms with Crippen molar-refractivity contribution in [2.75, 3.05) is 26.2 Å². The summed E-state index contributed by atoms with van der Waals surface area (Å²) in [4.78, 5) is 33.9. The number of pyridine rings is 1. The molecule has 136 valence electrons. The first-order valence-corrected chi connectivity index (χ1v) is 10.2. The van der Waals surface area contributed by atoms with E-state index in [0.717, 1.165) is 49.1 Å². The first-order chi connectivity index (χ1) is 12.6. The average molecular weight is 370 g/mol. The van der Waals surface area contributed by atoms with E-state index in [2.05, 4.69) is 22.1 Å². The number of aromatic nitrogens is 1. The van der Waals surface area contributed by atoms with Gasteiger partial charge in [-0.15, -0.1) is 11.3 Å². The van der Waals surface area contributed by atoms with Crippen molar-refractivity contribution in [1.82, 2.24) is 20.1 Å². The number of nitrogens with one attached hydrogen (secondary N) is 1. The van der Waals surface area contributed by atoms with Gasteiger partial charge in [0, 0.05) is 42.1 Å². The van der Waals surface area contributed by atoms with Crippen LogP contribution in [0, 0.1) is 5.92 Å². The number of amides is 2. The van der Waals surface area contributed by atoms with Crippen molar-refractivity contribution in [3.8, 4) is 0 Å². The van der Waals surface area contributed by atoms with Crippen molar-refractivity contribution in [3.05, 3.63) is 28.9 Å². The molecular formula is C19H22N4O2S. The number of thiophene rings is 1. The van der Waals surface area contributed by atoms with Crippen molar-refractivity contribution >= 4 is 33.2 Å². The van der Waals surface area contributed by atoms with Crippen LogP contribution in [0.2, 0.25) is 0 Å². The molecule has 2 aromatic heterocycles. The molecule has 4 aliphatic heterocycles. The van der Waals surface area contributed by atoms with Gasteiger partial charge in [0.05, 0.1) is 10.3 Å². The van der Waals surface area contributed by atoms with Gasteiger partial charge in [-0.1, -0.05) is 0 Å². The maximum absolute atomic E-state index is 12.8. The SMILES string of the molecule is CC1C(NC(=O)c2cc3c(C(=O)N4CC4)csc3cn2)C2CCN1CC2. The van der Waals surface area contributed by atoms with Crippen LogP contribution in [0.25, 0.3) is 10.1 Å². The van der Waals surface area contributed by atoms with E-state index in [1.165, 1.54) is 11.3 Å². The molecule has 1 N–H and O–H groups in total. The number of carbonyl (C=O) groups is 2. The molecule has 26 heavy (non-hydrogen) atoms. The predicted octanol–water partition coefficient (Wildman–Crippen LogP) is 1.96. The summed E-state index contributed by atoms with van der Waals surface area (Å²) in [5.41, 5.74) is 1.09. The Morgan fingerprint density at radius 2 is 2.00 bits per heavy atom. The van der Waals surface area contributed by atoms with Crippen LogP contribution in [0.15, 0.2) is 17.6 Å². The molecule has 0 spiro atoms. The van der Waals surface area contributed by atoms with E-state index >= 15 is 0 Å². The van der Waals surface area contributed by atoms with Gasteiger partial charge in [-0.2, -0.15) is 0 Å². The highest BCUT2D eigenvalue weighted by molar-refractivity contribution is 7.17. The van der Waals surface area contributed by atoms with Crippen LogP contribution in [0.1, 0.15) is 40.6 Å². The molecule has 6 rings (SSSR count). The van der Waals surface area contributed by atoms with Crippen LogP contribution >= 0.6 is 11.3 Å². The second-order valence-corrected chi connectivity index (χ2v) is 8.53. The van der Waals surface area contributed by atoms with Crippen molar-refractivity contribution in [2.45, 2.75) is 31.8 Å². The topological polar surface area (TPSA) is 65.3 Å². The second-order valence-electron chi connectivity index (χ2n) is 7.62. The van der Waals surface area contributed by atoms with Gasteiger partial charge in [0.15, 0.2) is 0 Å². The maximum atomic E-state index is 12.8. The summed E-state index contributed by atoms with van der Waals surface area (Å²) in [7, 11) is 0. The van der Waals surface area contributed by atoms with Crippen LogP contribution in [0.5, 0.6) is 0 Å². The Morgan fingerprint density at radius 3 is 2.69 bits per heavy atom. The van der Waals surface area contributed by atoms with Crippen LogP contribution in [-0.2, 0) is 0 Å². The quantitative estimate of drug-likeness (QED) is 0.839. The van der Waals surface area contributed by atoms with Crippen LogP contribution in [0.4, 0.5) is 0 Å². The minimum atomic E-state index is -0.131. The zero-order valence-corrected chi connectivity index (χ0v) is 15.6. The largest absolute Gasteiger partial charge is 0.346 e. The molecule has 6 heterocycles. The lowest BCUT2D eigenvalue weighted by atomic mass is 9.79. The molecule has 7 heteroatoms. The normalized spacial score (nSPS) is 29.8. The third-order valence-corrected chi connectivity index (χ3v) is 7.07.